The Hall–Kier alpha value is -3.00. The summed E-state index contributed by atoms with van der Waals surface area (Å²) >= 11 is 0. The molecule has 4 N–H and O–H groups in total. The molecule has 0 bridgehead atoms. The second kappa shape index (κ2) is 6.72. The fourth-order valence-electron chi connectivity index (χ4n) is 3.77. The molecule has 4 aromatic carbocycles. The van der Waals surface area contributed by atoms with E-state index in [9.17, 15) is 0 Å². The fourth-order valence-corrected chi connectivity index (χ4v) is 3.77. The lowest BCUT2D eigenvalue weighted by Crippen LogP contribution is -1.99. The lowest BCUT2D eigenvalue weighted by atomic mass is 9.92. The van der Waals surface area contributed by atoms with Crippen LogP contribution in [0.1, 0.15) is 25.3 Å². The van der Waals surface area contributed by atoms with Crippen LogP contribution in [-0.4, -0.2) is 0 Å². The van der Waals surface area contributed by atoms with Crippen molar-refractivity contribution in [2.24, 2.45) is 0 Å². The van der Waals surface area contributed by atoms with Crippen LogP contribution in [0.4, 0.5) is 11.4 Å². The molecule has 0 fully saturated rings. The lowest BCUT2D eigenvalue weighted by Gasteiger charge is -2.15. The molecule has 0 aliphatic rings. The first-order chi connectivity index (χ1) is 12.7. The van der Waals surface area contributed by atoms with Crippen LogP contribution in [0.25, 0.3) is 32.7 Å². The summed E-state index contributed by atoms with van der Waals surface area (Å²) in [7, 11) is 0. The van der Waals surface area contributed by atoms with E-state index in [-0.39, 0.29) is 0 Å². The Kier molecular flexibility index (Phi) is 4.26. The second-order valence-corrected chi connectivity index (χ2v) is 6.90. The van der Waals surface area contributed by atoms with Gasteiger partial charge in [0, 0.05) is 10.8 Å². The van der Waals surface area contributed by atoms with Gasteiger partial charge in [0.2, 0.25) is 0 Å². The van der Waals surface area contributed by atoms with Gasteiger partial charge in [-0.15, -0.1) is 0 Å². The quantitative estimate of drug-likeness (QED) is 0.265. The molecule has 0 saturated heterocycles. The topological polar surface area (TPSA) is 52.0 Å². The number of rotatable bonds is 4. The molecule has 0 heterocycles. The Balaban J connectivity index is 1.94. The molecule has 2 heteroatoms. The van der Waals surface area contributed by atoms with Crippen LogP contribution >= 0.6 is 0 Å². The molecule has 130 valence electrons. The molecule has 2 nitrogen and oxygen atoms in total. The summed E-state index contributed by atoms with van der Waals surface area (Å²) in [6.45, 7) is 2.22. The maximum absolute atomic E-state index is 6.49. The normalized spacial score (nSPS) is 11.3. The molecule has 0 aliphatic carbocycles. The van der Waals surface area contributed by atoms with Gasteiger partial charge in [-0.1, -0.05) is 80.1 Å². The zero-order chi connectivity index (χ0) is 18.1. The van der Waals surface area contributed by atoms with Crippen LogP contribution in [0.2, 0.25) is 0 Å². The number of benzene rings is 4. The molecule has 0 spiro atoms. The van der Waals surface area contributed by atoms with Crippen LogP contribution in [-0.2, 0) is 6.42 Å². The predicted molar refractivity (Wildman–Crippen MR) is 114 cm³/mol. The van der Waals surface area contributed by atoms with Gasteiger partial charge in [0.15, 0.2) is 0 Å². The summed E-state index contributed by atoms with van der Waals surface area (Å²) in [4.78, 5) is 0. The number of hydrogen-bond donors (Lipinski definition) is 2. The molecule has 4 aromatic rings. The van der Waals surface area contributed by atoms with Gasteiger partial charge in [-0.25, -0.2) is 0 Å². The van der Waals surface area contributed by atoms with Crippen molar-refractivity contribution in [2.45, 2.75) is 26.2 Å². The number of fused-ring (bicyclic) bond motifs is 3. The van der Waals surface area contributed by atoms with Crippen LogP contribution in [0.5, 0.6) is 0 Å². The molecule has 0 radical (unpaired) electrons. The summed E-state index contributed by atoms with van der Waals surface area (Å²) in [6, 6.07) is 23.4. The monoisotopic (exact) mass is 340 g/mol. The van der Waals surface area contributed by atoms with Crippen molar-refractivity contribution in [3.05, 3.63) is 72.3 Å². The smallest absolute Gasteiger partial charge is 0.0640 e. The Morgan fingerprint density at radius 1 is 0.692 bits per heavy atom. The number of nitrogen functional groups attached to an aromatic ring is 2. The van der Waals surface area contributed by atoms with Gasteiger partial charge < -0.3 is 11.5 Å². The third-order valence-electron chi connectivity index (χ3n) is 5.22. The Labute approximate surface area is 154 Å². The van der Waals surface area contributed by atoms with E-state index < -0.39 is 0 Å². The van der Waals surface area contributed by atoms with E-state index in [1.807, 2.05) is 18.2 Å². The van der Waals surface area contributed by atoms with E-state index in [2.05, 4.69) is 55.5 Å². The van der Waals surface area contributed by atoms with E-state index in [1.165, 1.54) is 24.0 Å². The highest BCUT2D eigenvalue weighted by Gasteiger charge is 2.13. The minimum absolute atomic E-state index is 0.667. The molecule has 26 heavy (non-hydrogen) atoms. The van der Waals surface area contributed by atoms with E-state index in [0.717, 1.165) is 33.5 Å². The largest absolute Gasteiger partial charge is 0.397 e. The van der Waals surface area contributed by atoms with Gasteiger partial charge in [-0.3, -0.25) is 0 Å². The van der Waals surface area contributed by atoms with Crippen molar-refractivity contribution in [3.63, 3.8) is 0 Å². The summed E-state index contributed by atoms with van der Waals surface area (Å²) < 4.78 is 0. The van der Waals surface area contributed by atoms with Crippen molar-refractivity contribution >= 4 is 32.9 Å². The van der Waals surface area contributed by atoms with Crippen LogP contribution < -0.4 is 11.5 Å². The molecule has 0 saturated carbocycles. The zero-order valence-corrected chi connectivity index (χ0v) is 15.1. The summed E-state index contributed by atoms with van der Waals surface area (Å²) in [6.07, 6.45) is 3.57. The highest BCUT2D eigenvalue weighted by atomic mass is 14.7. The minimum atomic E-state index is 0.667. The van der Waals surface area contributed by atoms with Gasteiger partial charge in [0.05, 0.1) is 11.4 Å². The van der Waals surface area contributed by atoms with Crippen molar-refractivity contribution in [3.8, 4) is 11.1 Å². The first-order valence-corrected chi connectivity index (χ1v) is 9.28. The van der Waals surface area contributed by atoms with Gasteiger partial charge in [0.1, 0.15) is 0 Å². The van der Waals surface area contributed by atoms with Crippen molar-refractivity contribution in [1.29, 1.82) is 0 Å². The average molecular weight is 340 g/mol. The minimum Gasteiger partial charge on any atom is -0.397 e. The third kappa shape index (κ3) is 2.68. The fraction of sp³-hybridized carbons (Fsp3) is 0.167. The molecule has 4 rings (SSSR count). The van der Waals surface area contributed by atoms with Crippen molar-refractivity contribution < 1.29 is 0 Å². The van der Waals surface area contributed by atoms with Gasteiger partial charge >= 0.3 is 0 Å². The van der Waals surface area contributed by atoms with Crippen LogP contribution in [0.15, 0.2) is 66.7 Å². The number of unbranched alkanes of at least 4 members (excludes halogenated alkanes) is 1. The maximum atomic E-state index is 6.49. The highest BCUT2D eigenvalue weighted by Crippen LogP contribution is 2.41. The van der Waals surface area contributed by atoms with E-state index in [1.54, 1.807) is 0 Å². The van der Waals surface area contributed by atoms with E-state index in [4.69, 9.17) is 11.5 Å². The summed E-state index contributed by atoms with van der Waals surface area (Å²) in [5.74, 6) is 0. The van der Waals surface area contributed by atoms with Gasteiger partial charge in [0.25, 0.3) is 0 Å². The number of hydrogen-bond acceptors (Lipinski definition) is 2. The molecule has 0 unspecified atom stereocenters. The summed E-state index contributed by atoms with van der Waals surface area (Å²) in [5, 5.41) is 4.37. The second-order valence-electron chi connectivity index (χ2n) is 6.90. The molecule has 0 aromatic heterocycles. The number of aryl methyl sites for hydroxylation is 1. The maximum Gasteiger partial charge on any atom is 0.0640 e. The standard InChI is InChI=1S/C24H24N2/c1-2-3-7-16-12-14-17(15-13-16)18-10-6-11-20-19-8-4-5-9-21(19)23(25)24(26)22(18)20/h4-6,8-15H,2-3,7,25-26H2,1H3. The first kappa shape index (κ1) is 16.5. The van der Waals surface area contributed by atoms with E-state index >= 15 is 0 Å². The molecular formula is C24H24N2. The SMILES string of the molecule is CCCCc1ccc(-c2cccc3c2c(N)c(N)c2ccccc23)cc1. The lowest BCUT2D eigenvalue weighted by molar-refractivity contribution is 0.795. The Morgan fingerprint density at radius 2 is 1.38 bits per heavy atom. The van der Waals surface area contributed by atoms with Gasteiger partial charge in [-0.2, -0.15) is 0 Å². The third-order valence-corrected chi connectivity index (χ3v) is 5.22. The Morgan fingerprint density at radius 3 is 2.12 bits per heavy atom. The number of nitrogens with two attached hydrogens (primary N) is 2. The number of anilines is 2. The van der Waals surface area contributed by atoms with Crippen molar-refractivity contribution in [1.82, 2.24) is 0 Å². The Bertz CT molecular complexity index is 1080. The predicted octanol–water partition coefficient (Wildman–Crippen LogP) is 6.17. The zero-order valence-electron chi connectivity index (χ0n) is 15.1. The van der Waals surface area contributed by atoms with Crippen molar-refractivity contribution in [2.75, 3.05) is 11.5 Å². The molecule has 0 atom stereocenters. The summed E-state index contributed by atoms with van der Waals surface area (Å²) in [5.41, 5.74) is 17.9. The van der Waals surface area contributed by atoms with Crippen LogP contribution in [0, 0.1) is 0 Å². The van der Waals surface area contributed by atoms with E-state index in [0.29, 0.717) is 11.4 Å². The molecular weight excluding hydrogens is 316 g/mol. The first-order valence-electron chi connectivity index (χ1n) is 9.28. The molecule has 0 amide bonds. The molecule has 0 aliphatic heterocycles. The van der Waals surface area contributed by atoms with Gasteiger partial charge in [-0.05, 0) is 40.3 Å². The van der Waals surface area contributed by atoms with Crippen LogP contribution in [0.3, 0.4) is 0 Å². The highest BCUT2D eigenvalue weighted by molar-refractivity contribution is 6.22. The average Bonchev–Trinajstić information content (AvgIpc) is 2.70.